The fourth-order valence-corrected chi connectivity index (χ4v) is 3.75. The summed E-state index contributed by atoms with van der Waals surface area (Å²) in [4.78, 5) is 0. The summed E-state index contributed by atoms with van der Waals surface area (Å²) in [5.74, 6) is 3.42. The number of allylic oxidation sites excluding steroid dienone is 2. The van der Waals surface area contributed by atoms with Crippen LogP contribution < -0.4 is 0 Å². The predicted octanol–water partition coefficient (Wildman–Crippen LogP) is 3.00. The number of rotatable bonds is 1. The number of hydrogen-bond acceptors (Lipinski definition) is 0. The van der Waals surface area contributed by atoms with Crippen molar-refractivity contribution in [1.29, 1.82) is 0 Å². The quantitative estimate of drug-likeness (QED) is 0.501. The molecule has 3 unspecified atom stereocenters. The molecule has 3 aliphatic rings. The molecular formula is C11H16. The van der Waals surface area contributed by atoms with Crippen molar-refractivity contribution in [3.8, 4) is 0 Å². The van der Waals surface area contributed by atoms with Crippen molar-refractivity contribution in [3.05, 3.63) is 12.2 Å². The normalized spacial score (nSPS) is 49.0. The molecule has 60 valence electrons. The highest BCUT2D eigenvalue weighted by Gasteiger charge is 2.71. The van der Waals surface area contributed by atoms with Crippen molar-refractivity contribution in [2.45, 2.75) is 32.6 Å². The van der Waals surface area contributed by atoms with Gasteiger partial charge in [-0.25, -0.2) is 0 Å². The summed E-state index contributed by atoms with van der Waals surface area (Å²) in [7, 11) is 0. The van der Waals surface area contributed by atoms with Crippen molar-refractivity contribution >= 4 is 0 Å². The van der Waals surface area contributed by atoms with Gasteiger partial charge in [0.15, 0.2) is 0 Å². The fourth-order valence-electron chi connectivity index (χ4n) is 3.75. The van der Waals surface area contributed by atoms with E-state index in [1.165, 1.54) is 19.3 Å². The lowest BCUT2D eigenvalue weighted by molar-refractivity contribution is 0.278. The van der Waals surface area contributed by atoms with Crippen LogP contribution in [0.4, 0.5) is 0 Å². The van der Waals surface area contributed by atoms with Crippen LogP contribution in [0.1, 0.15) is 32.6 Å². The third-order valence-corrected chi connectivity index (χ3v) is 4.48. The highest BCUT2D eigenvalue weighted by Crippen LogP contribution is 2.78. The van der Waals surface area contributed by atoms with E-state index in [0.717, 1.165) is 23.2 Å². The third-order valence-electron chi connectivity index (χ3n) is 4.48. The summed E-state index contributed by atoms with van der Waals surface area (Å²) >= 11 is 0. The van der Waals surface area contributed by atoms with Crippen LogP contribution in [-0.4, -0.2) is 0 Å². The van der Waals surface area contributed by atoms with Gasteiger partial charge in [-0.05, 0) is 42.4 Å². The second kappa shape index (κ2) is 1.73. The smallest absolute Gasteiger partial charge is 0.0163 e. The molecule has 0 amide bonds. The summed E-state index contributed by atoms with van der Waals surface area (Å²) in [6, 6.07) is 0. The third kappa shape index (κ3) is 0.544. The van der Waals surface area contributed by atoms with Gasteiger partial charge < -0.3 is 0 Å². The van der Waals surface area contributed by atoms with E-state index in [0.29, 0.717) is 0 Å². The minimum Gasteiger partial charge on any atom is -0.0879 e. The second-order valence-electron chi connectivity index (χ2n) is 4.65. The van der Waals surface area contributed by atoms with Crippen LogP contribution in [0.15, 0.2) is 12.2 Å². The predicted molar refractivity (Wildman–Crippen MR) is 46.2 cm³/mol. The van der Waals surface area contributed by atoms with Gasteiger partial charge in [-0.1, -0.05) is 25.5 Å². The summed E-state index contributed by atoms with van der Waals surface area (Å²) < 4.78 is 0. The molecule has 1 spiro atoms. The Kier molecular flexibility index (Phi) is 0.987. The lowest BCUT2D eigenvalue weighted by atomic mass is 9.83. The van der Waals surface area contributed by atoms with Gasteiger partial charge in [-0.3, -0.25) is 0 Å². The van der Waals surface area contributed by atoms with E-state index in [1.807, 2.05) is 0 Å². The van der Waals surface area contributed by atoms with Crippen LogP contribution >= 0.6 is 0 Å². The summed E-state index contributed by atoms with van der Waals surface area (Å²) in [5.41, 5.74) is 0.834. The lowest BCUT2D eigenvalue weighted by Crippen LogP contribution is -2.13. The molecule has 0 bridgehead atoms. The van der Waals surface area contributed by atoms with Gasteiger partial charge >= 0.3 is 0 Å². The standard InChI is InChI=1S/C11H16/c1-2-8-7-9-10(8)11(9)5-3-4-6-11/h3-4,8-10H,2,5-7H2,1H3. The molecule has 3 atom stereocenters. The van der Waals surface area contributed by atoms with E-state index in [1.54, 1.807) is 6.42 Å². The van der Waals surface area contributed by atoms with E-state index in [2.05, 4.69) is 19.1 Å². The molecule has 0 aromatic rings. The Morgan fingerprint density at radius 1 is 1.36 bits per heavy atom. The maximum Gasteiger partial charge on any atom is -0.0163 e. The van der Waals surface area contributed by atoms with E-state index >= 15 is 0 Å². The van der Waals surface area contributed by atoms with E-state index in [4.69, 9.17) is 0 Å². The van der Waals surface area contributed by atoms with Gasteiger partial charge in [0.25, 0.3) is 0 Å². The van der Waals surface area contributed by atoms with Crippen LogP contribution in [0.5, 0.6) is 0 Å². The zero-order valence-corrected chi connectivity index (χ0v) is 7.22. The average molecular weight is 148 g/mol. The van der Waals surface area contributed by atoms with E-state index in [-0.39, 0.29) is 0 Å². The molecule has 3 rings (SSSR count). The Bertz CT molecular complexity index is 206. The van der Waals surface area contributed by atoms with E-state index < -0.39 is 0 Å². The SMILES string of the molecule is CCC1CC2C1C21CC=CC1. The maximum atomic E-state index is 2.41. The zero-order valence-electron chi connectivity index (χ0n) is 7.22. The summed E-state index contributed by atoms with van der Waals surface area (Å²) in [6.07, 6.45) is 10.6. The first-order valence-electron chi connectivity index (χ1n) is 5.03. The highest BCUT2D eigenvalue weighted by molar-refractivity contribution is 5.26. The van der Waals surface area contributed by atoms with Crippen molar-refractivity contribution < 1.29 is 0 Å². The Labute approximate surface area is 68.7 Å². The maximum absolute atomic E-state index is 2.41. The number of fused-ring (bicyclic) bond motifs is 3. The van der Waals surface area contributed by atoms with Crippen molar-refractivity contribution in [2.75, 3.05) is 0 Å². The van der Waals surface area contributed by atoms with E-state index in [9.17, 15) is 0 Å². The highest BCUT2D eigenvalue weighted by atomic mass is 14.8. The van der Waals surface area contributed by atoms with Gasteiger partial charge in [-0.2, -0.15) is 0 Å². The Morgan fingerprint density at radius 2 is 2.09 bits per heavy atom. The van der Waals surface area contributed by atoms with Gasteiger partial charge in [0.05, 0.1) is 0 Å². The molecule has 0 aliphatic heterocycles. The molecule has 11 heavy (non-hydrogen) atoms. The minimum absolute atomic E-state index is 0.834. The monoisotopic (exact) mass is 148 g/mol. The minimum atomic E-state index is 0.834. The fraction of sp³-hybridized carbons (Fsp3) is 0.818. The topological polar surface area (TPSA) is 0 Å². The molecule has 2 fully saturated rings. The van der Waals surface area contributed by atoms with Crippen LogP contribution in [0.25, 0.3) is 0 Å². The molecule has 0 radical (unpaired) electrons. The Morgan fingerprint density at radius 3 is 2.64 bits per heavy atom. The largest absolute Gasteiger partial charge is 0.0879 e. The number of hydrogen-bond donors (Lipinski definition) is 0. The van der Waals surface area contributed by atoms with Gasteiger partial charge in [0.2, 0.25) is 0 Å². The molecule has 0 aromatic heterocycles. The molecule has 0 heterocycles. The van der Waals surface area contributed by atoms with Crippen LogP contribution in [0.3, 0.4) is 0 Å². The summed E-state index contributed by atoms with van der Waals surface area (Å²) in [6.45, 7) is 2.36. The lowest BCUT2D eigenvalue weighted by Gasteiger charge is -2.22. The van der Waals surface area contributed by atoms with Gasteiger partial charge in [-0.15, -0.1) is 0 Å². The van der Waals surface area contributed by atoms with Crippen LogP contribution in [-0.2, 0) is 0 Å². The molecule has 0 nitrogen and oxygen atoms in total. The van der Waals surface area contributed by atoms with Crippen molar-refractivity contribution in [3.63, 3.8) is 0 Å². The average Bonchev–Trinajstić information content (AvgIpc) is 2.33. The summed E-state index contributed by atoms with van der Waals surface area (Å²) in [5, 5.41) is 0. The molecular weight excluding hydrogens is 132 g/mol. The second-order valence-corrected chi connectivity index (χ2v) is 4.65. The van der Waals surface area contributed by atoms with Gasteiger partial charge in [0, 0.05) is 0 Å². The molecule has 2 saturated carbocycles. The Balaban J connectivity index is 1.77. The van der Waals surface area contributed by atoms with Crippen molar-refractivity contribution in [1.82, 2.24) is 0 Å². The first-order chi connectivity index (χ1) is 5.38. The zero-order chi connectivity index (χ0) is 7.47. The molecule has 0 aromatic carbocycles. The Hall–Kier alpha value is -0.260. The van der Waals surface area contributed by atoms with Crippen LogP contribution in [0, 0.1) is 23.2 Å². The molecule has 0 heteroatoms. The molecule has 0 N–H and O–H groups in total. The molecule has 0 saturated heterocycles. The van der Waals surface area contributed by atoms with Crippen molar-refractivity contribution in [2.24, 2.45) is 23.2 Å². The first kappa shape index (κ1) is 6.28. The van der Waals surface area contributed by atoms with Crippen LogP contribution in [0.2, 0.25) is 0 Å². The van der Waals surface area contributed by atoms with Gasteiger partial charge in [0.1, 0.15) is 0 Å². The molecule has 3 aliphatic carbocycles. The first-order valence-corrected chi connectivity index (χ1v) is 5.03.